The van der Waals surface area contributed by atoms with Gasteiger partial charge in [-0.1, -0.05) is 0 Å². The van der Waals surface area contributed by atoms with E-state index >= 15 is 0 Å². The van der Waals surface area contributed by atoms with Gasteiger partial charge in [-0.3, -0.25) is 0 Å². The summed E-state index contributed by atoms with van der Waals surface area (Å²) in [6.45, 7) is 0.980. The van der Waals surface area contributed by atoms with Gasteiger partial charge in [0.1, 0.15) is 0 Å². The summed E-state index contributed by atoms with van der Waals surface area (Å²) in [5.41, 5.74) is 0. The van der Waals surface area contributed by atoms with Crippen molar-refractivity contribution in [1.82, 2.24) is 15.5 Å². The number of hydrogen-bond acceptors (Lipinski definition) is 4. The van der Waals surface area contributed by atoms with E-state index in [1.807, 2.05) is 0 Å². The molecule has 114 valence electrons. The van der Waals surface area contributed by atoms with Crippen LogP contribution in [0.5, 0.6) is 0 Å². The maximum Gasteiger partial charge on any atom is 0.220 e. The Balaban J connectivity index is 1.28. The molecule has 5 saturated carbocycles. The lowest BCUT2D eigenvalue weighted by atomic mass is 9.52. The molecule has 6 rings (SSSR count). The van der Waals surface area contributed by atoms with Crippen molar-refractivity contribution in [2.75, 3.05) is 6.54 Å². The van der Waals surface area contributed by atoms with Crippen molar-refractivity contribution in [1.29, 1.82) is 0 Å². The fraction of sp³-hybridized carbons (Fsp3) is 0.882. The van der Waals surface area contributed by atoms with Gasteiger partial charge in [0.2, 0.25) is 11.8 Å². The minimum absolute atomic E-state index is 0.579. The molecular weight excluding hydrogens is 262 g/mol. The van der Waals surface area contributed by atoms with E-state index in [0.717, 1.165) is 54.5 Å². The summed E-state index contributed by atoms with van der Waals surface area (Å²) in [6, 6.07) is 0.761. The van der Waals surface area contributed by atoms with Crippen LogP contribution in [0.1, 0.15) is 62.6 Å². The van der Waals surface area contributed by atoms with Crippen LogP contribution in [-0.2, 0) is 6.42 Å². The molecule has 1 N–H and O–H groups in total. The van der Waals surface area contributed by atoms with E-state index in [4.69, 9.17) is 4.42 Å². The summed E-state index contributed by atoms with van der Waals surface area (Å²) in [5, 5.41) is 12.3. The minimum atomic E-state index is 0.579. The third-order valence-electron chi connectivity index (χ3n) is 6.34. The Morgan fingerprint density at radius 3 is 2.33 bits per heavy atom. The number of aromatic nitrogens is 2. The minimum Gasteiger partial charge on any atom is -0.425 e. The molecule has 0 aliphatic heterocycles. The zero-order valence-electron chi connectivity index (χ0n) is 12.6. The second kappa shape index (κ2) is 4.80. The van der Waals surface area contributed by atoms with Crippen molar-refractivity contribution in [3.05, 3.63) is 11.8 Å². The van der Waals surface area contributed by atoms with E-state index in [2.05, 4.69) is 15.5 Å². The van der Waals surface area contributed by atoms with Gasteiger partial charge in [-0.05, 0) is 68.6 Å². The standard InChI is InChI=1S/C17H25N3O/c1-2-14(1)18-4-3-15-19-20-17(21-15)16-12-6-10-5-11(8-12)9-13(16)7-10/h10-14,16,18H,1-9H2. The molecule has 0 spiro atoms. The zero-order chi connectivity index (χ0) is 13.8. The van der Waals surface area contributed by atoms with Crippen LogP contribution >= 0.6 is 0 Å². The summed E-state index contributed by atoms with van der Waals surface area (Å²) in [7, 11) is 0. The molecular formula is C17H25N3O. The van der Waals surface area contributed by atoms with Crippen LogP contribution < -0.4 is 5.32 Å². The van der Waals surface area contributed by atoms with Crippen molar-refractivity contribution in [3.63, 3.8) is 0 Å². The predicted octanol–water partition coefficient (Wildman–Crippen LogP) is 2.90. The van der Waals surface area contributed by atoms with Crippen LogP contribution in [-0.4, -0.2) is 22.8 Å². The second-order valence-corrected chi connectivity index (χ2v) is 7.97. The Morgan fingerprint density at radius 2 is 1.67 bits per heavy atom. The summed E-state index contributed by atoms with van der Waals surface area (Å²) >= 11 is 0. The molecule has 4 bridgehead atoms. The molecule has 0 amide bonds. The van der Waals surface area contributed by atoms with Gasteiger partial charge in [0.25, 0.3) is 0 Å². The average molecular weight is 287 g/mol. The van der Waals surface area contributed by atoms with E-state index in [0.29, 0.717) is 5.92 Å². The number of nitrogens with zero attached hydrogens (tertiary/aromatic N) is 2. The SMILES string of the molecule is C(Cc1nnc(C2C3CC4CC(C3)CC2C4)o1)NC1CC1. The van der Waals surface area contributed by atoms with Crippen molar-refractivity contribution in [2.45, 2.75) is 63.3 Å². The van der Waals surface area contributed by atoms with Crippen molar-refractivity contribution in [2.24, 2.45) is 23.7 Å². The van der Waals surface area contributed by atoms with E-state index in [-0.39, 0.29) is 0 Å². The predicted molar refractivity (Wildman–Crippen MR) is 78.8 cm³/mol. The molecule has 5 aliphatic carbocycles. The van der Waals surface area contributed by atoms with E-state index in [9.17, 15) is 0 Å². The lowest BCUT2D eigenvalue weighted by molar-refractivity contribution is -0.0118. The fourth-order valence-electron chi connectivity index (χ4n) is 5.50. The van der Waals surface area contributed by atoms with Gasteiger partial charge in [-0.15, -0.1) is 10.2 Å². The van der Waals surface area contributed by atoms with Crippen molar-refractivity contribution in [3.8, 4) is 0 Å². The first-order valence-electron chi connectivity index (χ1n) is 8.91. The van der Waals surface area contributed by atoms with Crippen LogP contribution in [0.25, 0.3) is 0 Å². The molecule has 5 fully saturated rings. The monoisotopic (exact) mass is 287 g/mol. The summed E-state index contributed by atoms with van der Waals surface area (Å²) in [4.78, 5) is 0. The van der Waals surface area contributed by atoms with E-state index in [1.54, 1.807) is 0 Å². The van der Waals surface area contributed by atoms with Gasteiger partial charge in [0.15, 0.2) is 0 Å². The second-order valence-electron chi connectivity index (χ2n) is 7.97. The van der Waals surface area contributed by atoms with Crippen molar-refractivity contribution >= 4 is 0 Å². The summed E-state index contributed by atoms with van der Waals surface area (Å²) in [5.74, 6) is 6.06. The first kappa shape index (κ1) is 12.6. The van der Waals surface area contributed by atoms with Crippen molar-refractivity contribution < 1.29 is 4.42 Å². The lowest BCUT2D eigenvalue weighted by Crippen LogP contribution is -2.43. The van der Waals surface area contributed by atoms with Gasteiger partial charge < -0.3 is 9.73 Å². The normalized spacial score (nSPS) is 40.9. The Hall–Kier alpha value is -0.900. The Labute approximate surface area is 126 Å². The molecule has 0 unspecified atom stereocenters. The topological polar surface area (TPSA) is 51.0 Å². The van der Waals surface area contributed by atoms with Crippen LogP contribution in [0, 0.1) is 23.7 Å². The van der Waals surface area contributed by atoms with Gasteiger partial charge in [-0.25, -0.2) is 0 Å². The van der Waals surface area contributed by atoms with Gasteiger partial charge >= 0.3 is 0 Å². The van der Waals surface area contributed by atoms with Gasteiger partial charge in [0, 0.05) is 24.9 Å². The highest BCUT2D eigenvalue weighted by Gasteiger charge is 2.50. The maximum absolute atomic E-state index is 6.05. The van der Waals surface area contributed by atoms with Crippen LogP contribution in [0.2, 0.25) is 0 Å². The molecule has 0 saturated heterocycles. The Kier molecular flexibility index (Phi) is 2.89. The van der Waals surface area contributed by atoms with Crippen LogP contribution in [0.3, 0.4) is 0 Å². The Morgan fingerprint density at radius 1 is 0.952 bits per heavy atom. The van der Waals surface area contributed by atoms with E-state index < -0.39 is 0 Å². The molecule has 21 heavy (non-hydrogen) atoms. The number of nitrogens with one attached hydrogen (secondary N) is 1. The summed E-state index contributed by atoms with van der Waals surface area (Å²) < 4.78 is 6.05. The maximum atomic E-state index is 6.05. The zero-order valence-corrected chi connectivity index (χ0v) is 12.6. The fourth-order valence-corrected chi connectivity index (χ4v) is 5.50. The quantitative estimate of drug-likeness (QED) is 0.904. The van der Waals surface area contributed by atoms with Crippen LogP contribution in [0.4, 0.5) is 0 Å². The Bertz CT molecular complexity index is 494. The molecule has 1 heterocycles. The molecule has 4 heteroatoms. The number of hydrogen-bond donors (Lipinski definition) is 1. The largest absolute Gasteiger partial charge is 0.425 e. The van der Waals surface area contributed by atoms with Gasteiger partial charge in [0.05, 0.1) is 0 Å². The molecule has 1 aromatic heterocycles. The summed E-state index contributed by atoms with van der Waals surface area (Å²) in [6.07, 6.45) is 10.7. The molecule has 5 aliphatic rings. The lowest BCUT2D eigenvalue weighted by Gasteiger charge is -2.53. The first-order valence-corrected chi connectivity index (χ1v) is 8.91. The third-order valence-corrected chi connectivity index (χ3v) is 6.34. The van der Waals surface area contributed by atoms with E-state index in [1.165, 1.54) is 44.9 Å². The number of rotatable bonds is 5. The molecule has 0 aromatic carbocycles. The smallest absolute Gasteiger partial charge is 0.220 e. The average Bonchev–Trinajstić information content (AvgIpc) is 3.16. The first-order chi connectivity index (χ1) is 10.3. The van der Waals surface area contributed by atoms with Gasteiger partial charge in [-0.2, -0.15) is 0 Å². The molecule has 1 aromatic rings. The van der Waals surface area contributed by atoms with Crippen LogP contribution in [0.15, 0.2) is 4.42 Å². The molecule has 0 atom stereocenters. The molecule has 4 nitrogen and oxygen atoms in total. The third kappa shape index (κ3) is 2.32. The highest BCUT2D eigenvalue weighted by Crippen LogP contribution is 2.59. The highest BCUT2D eigenvalue weighted by molar-refractivity contribution is 5.08. The highest BCUT2D eigenvalue weighted by atomic mass is 16.4. The molecule has 0 radical (unpaired) electrons.